The van der Waals surface area contributed by atoms with E-state index in [9.17, 15) is 18.4 Å². The number of imidazole rings is 1. The second kappa shape index (κ2) is 13.5. The summed E-state index contributed by atoms with van der Waals surface area (Å²) in [5.41, 5.74) is 1.80. The Labute approximate surface area is 243 Å². The lowest BCUT2D eigenvalue weighted by Gasteiger charge is -2.31. The number of rotatable bonds is 14. The molecule has 1 aliphatic carbocycles. The SMILES string of the molecule is CCOC(=O)C1CCCN(CCCOc2ccn3c(-c4cc(OC)c(C(=O)CC5CC5)c(OC(F)F)c4)cnc3c2)C1. The Balaban J connectivity index is 1.25. The summed E-state index contributed by atoms with van der Waals surface area (Å²) in [6.07, 6.45) is 8.27. The first-order valence-corrected chi connectivity index (χ1v) is 14.6. The van der Waals surface area contributed by atoms with Crippen LogP contribution in [-0.2, 0) is 9.53 Å². The molecule has 0 spiro atoms. The molecule has 0 amide bonds. The van der Waals surface area contributed by atoms with Gasteiger partial charge in [0.25, 0.3) is 0 Å². The predicted octanol–water partition coefficient (Wildman–Crippen LogP) is 5.64. The number of pyridine rings is 1. The topological polar surface area (TPSA) is 91.6 Å². The number of hydrogen-bond donors (Lipinski definition) is 0. The van der Waals surface area contributed by atoms with Crippen molar-refractivity contribution in [3.63, 3.8) is 0 Å². The summed E-state index contributed by atoms with van der Waals surface area (Å²) in [6.45, 7) is 2.15. The van der Waals surface area contributed by atoms with Gasteiger partial charge in [0.2, 0.25) is 0 Å². The van der Waals surface area contributed by atoms with Crippen LogP contribution in [-0.4, -0.2) is 72.6 Å². The van der Waals surface area contributed by atoms with Crippen molar-refractivity contribution in [3.05, 3.63) is 42.2 Å². The number of esters is 1. The van der Waals surface area contributed by atoms with Crippen molar-refractivity contribution in [2.24, 2.45) is 11.8 Å². The molecule has 2 aromatic heterocycles. The van der Waals surface area contributed by atoms with Gasteiger partial charge in [0.05, 0.1) is 38.1 Å². The first-order chi connectivity index (χ1) is 20.4. The van der Waals surface area contributed by atoms with Crippen molar-refractivity contribution in [1.29, 1.82) is 0 Å². The second-order valence-corrected chi connectivity index (χ2v) is 10.8. The molecule has 0 N–H and O–H groups in total. The van der Waals surface area contributed by atoms with Gasteiger partial charge in [-0.3, -0.25) is 14.0 Å². The third kappa shape index (κ3) is 7.18. The molecule has 0 radical (unpaired) electrons. The molecule has 1 aliphatic heterocycles. The number of hydrogen-bond acceptors (Lipinski definition) is 8. The quantitative estimate of drug-likeness (QED) is 0.136. The fourth-order valence-corrected chi connectivity index (χ4v) is 5.50. The molecule has 1 atom stereocenters. The van der Waals surface area contributed by atoms with Gasteiger partial charge in [-0.15, -0.1) is 0 Å². The average Bonchev–Trinajstić information content (AvgIpc) is 3.69. The molecule has 11 heteroatoms. The number of likely N-dealkylation sites (tertiary alicyclic amines) is 1. The minimum absolute atomic E-state index is 0.0407. The molecule has 2 fully saturated rings. The van der Waals surface area contributed by atoms with Gasteiger partial charge in [0.1, 0.15) is 28.5 Å². The smallest absolute Gasteiger partial charge is 0.387 e. The van der Waals surface area contributed by atoms with Crippen LogP contribution in [0.25, 0.3) is 16.9 Å². The van der Waals surface area contributed by atoms with Gasteiger partial charge in [-0.05, 0) is 69.7 Å². The van der Waals surface area contributed by atoms with Crippen molar-refractivity contribution in [3.8, 4) is 28.5 Å². The number of benzene rings is 1. The number of aromatic nitrogens is 2. The molecular weight excluding hydrogens is 548 g/mol. The molecule has 9 nitrogen and oxygen atoms in total. The molecule has 226 valence electrons. The number of alkyl halides is 2. The number of halogens is 2. The van der Waals surface area contributed by atoms with E-state index in [-0.39, 0.29) is 47.1 Å². The minimum Gasteiger partial charge on any atom is -0.496 e. The normalized spacial score (nSPS) is 17.4. The fraction of sp³-hybridized carbons (Fsp3) is 0.516. The van der Waals surface area contributed by atoms with Crippen LogP contribution >= 0.6 is 0 Å². The first kappa shape index (κ1) is 29.8. The van der Waals surface area contributed by atoms with E-state index in [0.717, 1.165) is 45.2 Å². The Hall–Kier alpha value is -3.73. The third-order valence-electron chi connectivity index (χ3n) is 7.75. The number of fused-ring (bicyclic) bond motifs is 1. The van der Waals surface area contributed by atoms with Crippen LogP contribution in [0.1, 0.15) is 55.8 Å². The highest BCUT2D eigenvalue weighted by Crippen LogP contribution is 2.40. The molecule has 1 unspecified atom stereocenters. The summed E-state index contributed by atoms with van der Waals surface area (Å²) in [5, 5.41) is 0. The Bertz CT molecular complexity index is 1410. The van der Waals surface area contributed by atoms with E-state index < -0.39 is 6.61 Å². The number of carbonyl (C=O) groups excluding carboxylic acids is 2. The van der Waals surface area contributed by atoms with E-state index in [0.29, 0.717) is 42.4 Å². The number of nitrogens with zero attached hydrogens (tertiary/aromatic N) is 3. The summed E-state index contributed by atoms with van der Waals surface area (Å²) in [7, 11) is 1.40. The summed E-state index contributed by atoms with van der Waals surface area (Å²) in [4.78, 5) is 31.8. The van der Waals surface area contributed by atoms with Crippen LogP contribution in [0.4, 0.5) is 8.78 Å². The highest BCUT2D eigenvalue weighted by molar-refractivity contribution is 6.02. The Morgan fingerprint density at radius 1 is 1.14 bits per heavy atom. The van der Waals surface area contributed by atoms with Crippen molar-refractivity contribution < 1.29 is 37.3 Å². The van der Waals surface area contributed by atoms with Gasteiger partial charge >= 0.3 is 12.6 Å². The predicted molar refractivity (Wildman–Crippen MR) is 151 cm³/mol. The number of piperidine rings is 1. The van der Waals surface area contributed by atoms with Gasteiger partial charge in [-0.2, -0.15) is 8.78 Å². The van der Waals surface area contributed by atoms with E-state index in [1.807, 2.05) is 23.5 Å². The fourth-order valence-electron chi connectivity index (χ4n) is 5.50. The summed E-state index contributed by atoms with van der Waals surface area (Å²) in [6, 6.07) is 6.72. The van der Waals surface area contributed by atoms with E-state index in [1.54, 1.807) is 18.5 Å². The highest BCUT2D eigenvalue weighted by Gasteiger charge is 2.30. The summed E-state index contributed by atoms with van der Waals surface area (Å²) < 4.78 is 49.9. The molecule has 42 heavy (non-hydrogen) atoms. The number of carbonyl (C=O) groups is 2. The Morgan fingerprint density at radius 2 is 1.95 bits per heavy atom. The van der Waals surface area contributed by atoms with Gasteiger partial charge in [0.15, 0.2) is 5.78 Å². The first-order valence-electron chi connectivity index (χ1n) is 14.6. The zero-order valence-electron chi connectivity index (χ0n) is 24.0. The van der Waals surface area contributed by atoms with Crippen molar-refractivity contribution >= 4 is 17.4 Å². The molecule has 3 heterocycles. The number of Topliss-reactive ketones (excluding diaryl/α,β-unsaturated/α-hetero) is 1. The van der Waals surface area contributed by atoms with Gasteiger partial charge in [-0.1, -0.05) is 0 Å². The number of ketones is 1. The van der Waals surface area contributed by atoms with E-state index in [4.69, 9.17) is 18.9 Å². The van der Waals surface area contributed by atoms with E-state index in [1.165, 1.54) is 13.2 Å². The third-order valence-corrected chi connectivity index (χ3v) is 7.75. The number of methoxy groups -OCH3 is 1. The molecule has 5 rings (SSSR count). The second-order valence-electron chi connectivity index (χ2n) is 10.8. The van der Waals surface area contributed by atoms with E-state index in [2.05, 4.69) is 9.88 Å². The van der Waals surface area contributed by atoms with Gasteiger partial charge in [0, 0.05) is 37.3 Å². The minimum atomic E-state index is -3.09. The number of ether oxygens (including phenoxy) is 4. The monoisotopic (exact) mass is 585 g/mol. The van der Waals surface area contributed by atoms with Crippen LogP contribution in [0.3, 0.4) is 0 Å². The summed E-state index contributed by atoms with van der Waals surface area (Å²) >= 11 is 0. The van der Waals surface area contributed by atoms with Crippen LogP contribution in [0.2, 0.25) is 0 Å². The van der Waals surface area contributed by atoms with Gasteiger partial charge < -0.3 is 23.8 Å². The Kier molecular flexibility index (Phi) is 9.56. The van der Waals surface area contributed by atoms with Crippen molar-refractivity contribution in [2.45, 2.75) is 52.1 Å². The molecule has 1 saturated carbocycles. The zero-order chi connectivity index (χ0) is 29.6. The maximum atomic E-state index is 13.3. The van der Waals surface area contributed by atoms with Crippen LogP contribution in [0.5, 0.6) is 17.2 Å². The Morgan fingerprint density at radius 3 is 2.69 bits per heavy atom. The van der Waals surface area contributed by atoms with Crippen molar-refractivity contribution in [2.75, 3.05) is 40.0 Å². The van der Waals surface area contributed by atoms with Gasteiger partial charge in [-0.25, -0.2) is 4.98 Å². The molecule has 1 aromatic carbocycles. The summed E-state index contributed by atoms with van der Waals surface area (Å²) in [5.74, 6) is 0.478. The average molecular weight is 586 g/mol. The lowest BCUT2D eigenvalue weighted by atomic mass is 9.98. The highest BCUT2D eigenvalue weighted by atomic mass is 19.3. The maximum absolute atomic E-state index is 13.3. The van der Waals surface area contributed by atoms with Crippen LogP contribution < -0.4 is 14.2 Å². The molecular formula is C31H37F2N3O6. The van der Waals surface area contributed by atoms with Crippen molar-refractivity contribution in [1.82, 2.24) is 14.3 Å². The molecule has 2 aliphatic rings. The largest absolute Gasteiger partial charge is 0.496 e. The van der Waals surface area contributed by atoms with Crippen LogP contribution in [0.15, 0.2) is 36.7 Å². The lowest BCUT2D eigenvalue weighted by Crippen LogP contribution is -2.40. The standard InChI is InChI=1S/C31H37F2N3O6/c1-3-40-30(38)21-6-4-10-35(19-21)11-5-13-41-23-9-12-36-24(18-34-28(36)17-23)22-15-26(39-2)29(25(37)14-20-7-8-20)27(16-22)42-31(32)33/h9,12,15-18,20-21,31H,3-8,10-11,13-14,19H2,1-2H3. The van der Waals surface area contributed by atoms with E-state index >= 15 is 0 Å². The molecule has 3 aromatic rings. The lowest BCUT2D eigenvalue weighted by molar-refractivity contribution is -0.149. The zero-order valence-corrected chi connectivity index (χ0v) is 24.0. The molecule has 0 bridgehead atoms. The molecule has 1 saturated heterocycles. The van der Waals surface area contributed by atoms with Crippen LogP contribution in [0, 0.1) is 11.8 Å². The maximum Gasteiger partial charge on any atom is 0.387 e.